The number of nitrogens with zero attached hydrogens (tertiary/aromatic N) is 4. The van der Waals surface area contributed by atoms with E-state index in [-0.39, 0.29) is 5.41 Å². The maximum atomic E-state index is 11.6. The molecule has 37 heavy (non-hydrogen) atoms. The average Bonchev–Trinajstić information content (AvgIpc) is 3.38. The Labute approximate surface area is 217 Å². The number of nitrogens with one attached hydrogen (secondary N) is 1. The van der Waals surface area contributed by atoms with Crippen LogP contribution in [0.4, 0.5) is 11.8 Å². The highest BCUT2D eigenvalue weighted by atomic mass is 16.4. The van der Waals surface area contributed by atoms with Gasteiger partial charge in [-0.15, -0.1) is 0 Å². The largest absolute Gasteiger partial charge is 0.424 e. The SMILES string of the molecule is C[C@]1(C[C@@H]2CCCC[C@H]2Nc2ncc(-c3cccc(C(N)=O)c3)o2)CCCN(c2ccc(C#N)cn2)C1. The number of amides is 1. The van der Waals surface area contributed by atoms with Crippen LogP contribution in [0.25, 0.3) is 11.3 Å². The van der Waals surface area contributed by atoms with E-state index in [1.807, 2.05) is 18.2 Å². The second kappa shape index (κ2) is 10.6. The van der Waals surface area contributed by atoms with Crippen LogP contribution in [0.2, 0.25) is 0 Å². The number of nitriles is 1. The Morgan fingerprint density at radius 2 is 2.08 bits per heavy atom. The smallest absolute Gasteiger partial charge is 0.295 e. The third-order valence-corrected chi connectivity index (χ3v) is 7.89. The fourth-order valence-electron chi connectivity index (χ4n) is 6.05. The van der Waals surface area contributed by atoms with Gasteiger partial charge in [-0.3, -0.25) is 4.79 Å². The number of primary amides is 1. The zero-order chi connectivity index (χ0) is 25.8. The summed E-state index contributed by atoms with van der Waals surface area (Å²) in [7, 11) is 0. The van der Waals surface area contributed by atoms with E-state index >= 15 is 0 Å². The molecule has 1 amide bonds. The summed E-state index contributed by atoms with van der Waals surface area (Å²) >= 11 is 0. The van der Waals surface area contributed by atoms with Gasteiger partial charge in [0, 0.05) is 36.5 Å². The molecule has 1 aromatic carbocycles. The molecular formula is C29H34N6O2. The first-order valence-corrected chi connectivity index (χ1v) is 13.2. The van der Waals surface area contributed by atoms with Crippen molar-refractivity contribution in [1.82, 2.24) is 9.97 Å². The highest BCUT2D eigenvalue weighted by Crippen LogP contribution is 2.42. The van der Waals surface area contributed by atoms with Crippen molar-refractivity contribution in [2.24, 2.45) is 17.1 Å². The number of nitrogens with two attached hydrogens (primary N) is 1. The van der Waals surface area contributed by atoms with Crippen molar-refractivity contribution >= 4 is 17.7 Å². The second-order valence-corrected chi connectivity index (χ2v) is 10.8. The lowest BCUT2D eigenvalue weighted by Gasteiger charge is -2.45. The lowest BCUT2D eigenvalue weighted by Crippen LogP contribution is -2.45. The molecule has 3 aromatic rings. The summed E-state index contributed by atoms with van der Waals surface area (Å²) in [5.74, 6) is 1.63. The lowest BCUT2D eigenvalue weighted by molar-refractivity contribution is 0.100. The van der Waals surface area contributed by atoms with Crippen LogP contribution in [0.5, 0.6) is 0 Å². The third-order valence-electron chi connectivity index (χ3n) is 7.89. The van der Waals surface area contributed by atoms with Crippen LogP contribution in [-0.4, -0.2) is 35.0 Å². The molecule has 1 aliphatic heterocycles. The standard InChI is InChI=1S/C29H34N6O2/c1-29(12-5-13-35(19-29)26-11-10-20(16-30)17-32-26)15-23-6-2-3-9-24(23)34-28-33-18-25(37-28)21-7-4-8-22(14-21)27(31)36/h4,7-8,10-11,14,17-18,23-24H,2-3,5-6,9,12-13,15,19H2,1H3,(H2,31,36)(H,33,34)/t23-,24+,29+/m0/s1. The molecule has 5 rings (SSSR count). The van der Waals surface area contributed by atoms with Gasteiger partial charge in [0.1, 0.15) is 11.9 Å². The summed E-state index contributed by atoms with van der Waals surface area (Å²) in [4.78, 5) is 23.0. The van der Waals surface area contributed by atoms with E-state index in [0.717, 1.165) is 43.7 Å². The van der Waals surface area contributed by atoms with Crippen LogP contribution in [-0.2, 0) is 0 Å². The highest BCUT2D eigenvalue weighted by Gasteiger charge is 2.37. The Kier molecular flexibility index (Phi) is 7.13. The Hall–Kier alpha value is -3.86. The maximum absolute atomic E-state index is 11.6. The summed E-state index contributed by atoms with van der Waals surface area (Å²) in [5.41, 5.74) is 7.44. The highest BCUT2D eigenvalue weighted by molar-refractivity contribution is 5.93. The Morgan fingerprint density at radius 1 is 1.22 bits per heavy atom. The summed E-state index contributed by atoms with van der Waals surface area (Å²) in [6.07, 6.45) is 11.6. The van der Waals surface area contributed by atoms with Crippen LogP contribution in [0.1, 0.15) is 67.8 Å². The van der Waals surface area contributed by atoms with E-state index < -0.39 is 5.91 Å². The van der Waals surface area contributed by atoms with Crippen molar-refractivity contribution in [3.05, 3.63) is 59.9 Å². The van der Waals surface area contributed by atoms with Gasteiger partial charge in [-0.25, -0.2) is 9.97 Å². The molecule has 2 aliphatic rings. The molecule has 3 N–H and O–H groups in total. The Morgan fingerprint density at radius 3 is 2.86 bits per heavy atom. The van der Waals surface area contributed by atoms with E-state index in [2.05, 4.69) is 33.2 Å². The van der Waals surface area contributed by atoms with Gasteiger partial charge < -0.3 is 20.4 Å². The van der Waals surface area contributed by atoms with Gasteiger partial charge in [-0.05, 0) is 67.7 Å². The number of hydrogen-bond donors (Lipinski definition) is 2. The minimum absolute atomic E-state index is 0.187. The molecule has 3 heterocycles. The van der Waals surface area contributed by atoms with Crippen molar-refractivity contribution in [2.75, 3.05) is 23.3 Å². The van der Waals surface area contributed by atoms with Crippen molar-refractivity contribution in [3.8, 4) is 17.4 Å². The monoisotopic (exact) mass is 498 g/mol. The number of anilines is 2. The van der Waals surface area contributed by atoms with Crippen molar-refractivity contribution in [1.29, 1.82) is 5.26 Å². The number of oxazole rings is 1. The molecule has 192 valence electrons. The number of piperidine rings is 1. The van der Waals surface area contributed by atoms with Crippen LogP contribution < -0.4 is 16.0 Å². The van der Waals surface area contributed by atoms with Crippen molar-refractivity contribution in [3.63, 3.8) is 0 Å². The molecule has 1 saturated carbocycles. The van der Waals surface area contributed by atoms with Gasteiger partial charge >= 0.3 is 0 Å². The van der Waals surface area contributed by atoms with Gasteiger partial charge in [0.05, 0.1) is 11.8 Å². The van der Waals surface area contributed by atoms with E-state index in [0.29, 0.717) is 34.9 Å². The molecule has 2 fully saturated rings. The summed E-state index contributed by atoms with van der Waals surface area (Å²) in [6, 6.07) is 13.9. The molecule has 1 saturated heterocycles. The van der Waals surface area contributed by atoms with E-state index in [9.17, 15) is 4.79 Å². The molecule has 2 aromatic heterocycles. The maximum Gasteiger partial charge on any atom is 0.295 e. The minimum atomic E-state index is -0.463. The Bertz CT molecular complexity index is 1280. The number of hydrogen-bond acceptors (Lipinski definition) is 7. The molecule has 0 unspecified atom stereocenters. The quantitative estimate of drug-likeness (QED) is 0.449. The van der Waals surface area contributed by atoms with E-state index in [1.54, 1.807) is 30.6 Å². The predicted molar refractivity (Wildman–Crippen MR) is 143 cm³/mol. The molecule has 8 nitrogen and oxygen atoms in total. The Balaban J connectivity index is 1.26. The first-order valence-electron chi connectivity index (χ1n) is 13.2. The first kappa shape index (κ1) is 24.8. The molecule has 1 aliphatic carbocycles. The van der Waals surface area contributed by atoms with Crippen molar-refractivity contribution < 1.29 is 9.21 Å². The van der Waals surface area contributed by atoms with Gasteiger partial charge in [0.25, 0.3) is 6.01 Å². The number of aromatic nitrogens is 2. The molecule has 0 spiro atoms. The molecule has 8 heteroatoms. The van der Waals surface area contributed by atoms with E-state index in [4.69, 9.17) is 15.4 Å². The molecular weight excluding hydrogens is 464 g/mol. The summed E-state index contributed by atoms with van der Waals surface area (Å²) < 4.78 is 6.05. The molecule has 3 atom stereocenters. The predicted octanol–water partition coefficient (Wildman–Crippen LogP) is 5.37. The number of benzene rings is 1. The minimum Gasteiger partial charge on any atom is -0.424 e. The average molecular weight is 499 g/mol. The fourth-order valence-corrected chi connectivity index (χ4v) is 6.05. The van der Waals surface area contributed by atoms with Crippen LogP contribution >= 0.6 is 0 Å². The van der Waals surface area contributed by atoms with Crippen LogP contribution in [0.15, 0.2) is 53.2 Å². The van der Waals surface area contributed by atoms with Gasteiger partial charge in [0.2, 0.25) is 5.91 Å². The summed E-state index contributed by atoms with van der Waals surface area (Å²) in [6.45, 7) is 4.37. The van der Waals surface area contributed by atoms with Gasteiger partial charge in [-0.2, -0.15) is 5.26 Å². The zero-order valence-corrected chi connectivity index (χ0v) is 21.3. The van der Waals surface area contributed by atoms with E-state index in [1.165, 1.54) is 25.7 Å². The number of rotatable bonds is 7. The first-order chi connectivity index (χ1) is 17.9. The van der Waals surface area contributed by atoms with Crippen molar-refractivity contribution in [2.45, 2.75) is 57.9 Å². The third kappa shape index (κ3) is 5.77. The van der Waals surface area contributed by atoms with Crippen LogP contribution in [0.3, 0.4) is 0 Å². The summed E-state index contributed by atoms with van der Waals surface area (Å²) in [5, 5.41) is 12.7. The second-order valence-electron chi connectivity index (χ2n) is 10.8. The van der Waals surface area contributed by atoms with Crippen LogP contribution in [0, 0.1) is 22.7 Å². The fraction of sp³-hybridized carbons (Fsp3) is 0.448. The lowest BCUT2D eigenvalue weighted by atomic mass is 9.70. The van der Waals surface area contributed by atoms with Gasteiger partial charge in [-0.1, -0.05) is 31.9 Å². The number of carbonyl (C=O) groups is 1. The zero-order valence-electron chi connectivity index (χ0n) is 21.3. The van der Waals surface area contributed by atoms with Gasteiger partial charge in [0.15, 0.2) is 5.76 Å². The number of carbonyl (C=O) groups excluding carboxylic acids is 1. The molecule has 0 bridgehead atoms. The molecule has 0 radical (unpaired) electrons. The topological polar surface area (TPSA) is 121 Å². The number of pyridine rings is 1. The normalized spacial score (nSPS) is 23.8.